The van der Waals surface area contributed by atoms with E-state index in [-0.39, 0.29) is 60.3 Å². The van der Waals surface area contributed by atoms with Crippen LogP contribution >= 0.6 is 0 Å². The molecule has 5 aromatic carbocycles. The Bertz CT molecular complexity index is 7020. The first-order valence-corrected chi connectivity index (χ1v) is 61.1. The molecule has 0 aliphatic heterocycles. The van der Waals surface area contributed by atoms with Gasteiger partial charge in [0.05, 0.1) is 35.4 Å². The fraction of sp³-hybridized carbons (Fsp3) is 0.350. The molecular formula is C123H136Ir3N10O3Si3-6. The van der Waals surface area contributed by atoms with Gasteiger partial charge in [-0.2, -0.15) is 0 Å². The molecule has 0 saturated heterocycles. The topological polar surface area (TPSA) is 168 Å². The SMILES string of the molecule is CC(C)Cc1cc(-c2[c-]cccc2)ncc1[Si](C)(C)C.CC(C)Cc1cc(-c2[c-]cccc2)ncc1[Si](C)(C)C.CC(C)Cc1cc(-c2[c-]cccc2)ncc1[Si](C)(C)C.CC(C)c1cnc(-c2[c-]c3c(nc2)oc2ccccc23)cc1CC1CCCC1.Cc1ccc2c(n1)oc1ccc(-c3cc(C)c(CC4CCCC4)cn3)[c-]c12.Cc1ccc2c(n1)oc1ncc(-c3nccc4c3CCCC4)[c-]c12.[Ir].[Ir].[Ir]. The van der Waals surface area contributed by atoms with Gasteiger partial charge in [0, 0.05) is 126 Å². The normalized spacial score (nSPS) is 13.3. The molecule has 3 radical (unpaired) electrons. The summed E-state index contributed by atoms with van der Waals surface area (Å²) >= 11 is 0. The largest absolute Gasteiger partial charge is 0.482 e. The van der Waals surface area contributed by atoms with Gasteiger partial charge in [-0.1, -0.05) is 288 Å². The molecule has 3 aliphatic carbocycles. The Morgan fingerprint density at radius 1 is 0.345 bits per heavy atom. The zero-order valence-electron chi connectivity index (χ0n) is 86.5. The number of hydrogen-bond acceptors (Lipinski definition) is 13. The predicted octanol–water partition coefficient (Wildman–Crippen LogP) is 30.2. The van der Waals surface area contributed by atoms with E-state index in [1.54, 1.807) is 0 Å². The fourth-order valence-electron chi connectivity index (χ4n) is 19.9. The van der Waals surface area contributed by atoms with Gasteiger partial charge in [-0.05, 0) is 227 Å². The van der Waals surface area contributed by atoms with Crippen LogP contribution in [0.15, 0.2) is 233 Å². The number of aromatic nitrogens is 10. The molecule has 0 amide bonds. The summed E-state index contributed by atoms with van der Waals surface area (Å²) in [5.41, 5.74) is 31.0. The quantitative estimate of drug-likeness (QED) is 0.0522. The van der Waals surface area contributed by atoms with E-state index in [9.17, 15) is 0 Å². The smallest absolute Gasteiger partial charge is 0.185 e. The summed E-state index contributed by atoms with van der Waals surface area (Å²) in [5, 5.41) is 10.3. The van der Waals surface area contributed by atoms with Crippen LogP contribution in [0.4, 0.5) is 0 Å². The molecular weight excluding hydrogens is 2330 g/mol. The van der Waals surface area contributed by atoms with Crippen molar-refractivity contribution in [2.75, 3.05) is 0 Å². The van der Waals surface area contributed by atoms with Crippen LogP contribution in [0.5, 0.6) is 0 Å². The molecule has 2 saturated carbocycles. The van der Waals surface area contributed by atoms with E-state index in [2.05, 4.69) is 295 Å². The van der Waals surface area contributed by atoms with Crippen LogP contribution in [-0.2, 0) is 105 Å². The molecule has 19 heteroatoms. The first-order valence-electron chi connectivity index (χ1n) is 50.6. The number of aryl methyl sites for hydroxylation is 4. The third kappa shape index (κ3) is 27.4. The second-order valence-corrected chi connectivity index (χ2v) is 58.3. The monoisotopic (exact) mass is 2460 g/mol. The van der Waals surface area contributed by atoms with Crippen LogP contribution in [0, 0.1) is 86.8 Å². The molecule has 3 aliphatic rings. The minimum atomic E-state index is -1.34. The zero-order chi connectivity index (χ0) is 97.8. The van der Waals surface area contributed by atoms with Gasteiger partial charge in [0.2, 0.25) is 0 Å². The van der Waals surface area contributed by atoms with E-state index in [1.807, 2.05) is 136 Å². The minimum absolute atomic E-state index is 0. The Hall–Kier alpha value is -10.4. The molecule has 0 bridgehead atoms. The summed E-state index contributed by atoms with van der Waals surface area (Å²) in [6, 6.07) is 78.1. The number of benzene rings is 5. The molecule has 0 N–H and O–H groups in total. The Morgan fingerprint density at radius 2 is 0.768 bits per heavy atom. The second kappa shape index (κ2) is 49.0. The second-order valence-electron chi connectivity index (χ2n) is 43.2. The van der Waals surface area contributed by atoms with E-state index in [1.165, 1.54) is 136 Å². The summed E-state index contributed by atoms with van der Waals surface area (Å²) < 4.78 is 17.5. The number of hydrogen-bond donors (Lipinski definition) is 0. The number of pyridine rings is 10. The van der Waals surface area contributed by atoms with Gasteiger partial charge in [-0.3, -0.25) is 19.9 Å². The zero-order valence-corrected chi connectivity index (χ0v) is 96.7. The summed E-state index contributed by atoms with van der Waals surface area (Å²) in [4.78, 5) is 46.2. The maximum Gasteiger partial charge on any atom is 0.185 e. The average molecular weight is 2460 g/mol. The van der Waals surface area contributed by atoms with Crippen LogP contribution in [0.1, 0.15) is 187 Å². The van der Waals surface area contributed by atoms with Crippen molar-refractivity contribution >= 4 is 106 Å². The van der Waals surface area contributed by atoms with E-state index < -0.39 is 24.2 Å². The first kappa shape index (κ1) is 109. The van der Waals surface area contributed by atoms with Crippen molar-refractivity contribution < 1.29 is 73.6 Å². The summed E-state index contributed by atoms with van der Waals surface area (Å²) in [5.74, 6) is 4.14. The molecule has 2 fully saturated rings. The number of rotatable bonds is 20. The van der Waals surface area contributed by atoms with Crippen LogP contribution < -0.4 is 15.6 Å². The van der Waals surface area contributed by atoms with Gasteiger partial charge < -0.3 is 33.2 Å². The minimum Gasteiger partial charge on any atom is -0.482 e. The van der Waals surface area contributed by atoms with Crippen molar-refractivity contribution in [1.29, 1.82) is 0 Å². The molecule has 0 spiro atoms. The summed E-state index contributed by atoms with van der Waals surface area (Å²) in [7, 11) is -4.02. The Balaban J connectivity index is 0.000000143. The van der Waals surface area contributed by atoms with E-state index in [0.29, 0.717) is 46.5 Å². The maximum absolute atomic E-state index is 5.88. The van der Waals surface area contributed by atoms with Crippen LogP contribution in [0.25, 0.3) is 134 Å². The van der Waals surface area contributed by atoms with Crippen LogP contribution in [-0.4, -0.2) is 74.1 Å². The summed E-state index contributed by atoms with van der Waals surface area (Å²) in [6.45, 7) is 45.8. The fourth-order valence-corrected chi connectivity index (χ4v) is 24.6. The third-order valence-corrected chi connectivity index (χ3v) is 33.1. The average Bonchev–Trinajstić information content (AvgIpc) is 1.63. The number of fused-ring (bicyclic) bond motifs is 10. The van der Waals surface area contributed by atoms with Gasteiger partial charge in [0.1, 0.15) is 0 Å². The predicted molar refractivity (Wildman–Crippen MR) is 585 cm³/mol. The molecule has 13 nitrogen and oxygen atoms in total. The Morgan fingerprint density at radius 3 is 1.27 bits per heavy atom. The Labute approximate surface area is 886 Å². The summed E-state index contributed by atoms with van der Waals surface area (Å²) in [6.07, 6.45) is 37.4. The maximum atomic E-state index is 5.88. The van der Waals surface area contributed by atoms with Gasteiger partial charge in [0.15, 0.2) is 22.9 Å². The molecule has 0 unspecified atom stereocenters. The van der Waals surface area contributed by atoms with Crippen LogP contribution in [0.3, 0.4) is 0 Å². The van der Waals surface area contributed by atoms with Crippen LogP contribution in [0.2, 0.25) is 58.9 Å². The van der Waals surface area contributed by atoms with E-state index in [4.69, 9.17) is 23.2 Å². The van der Waals surface area contributed by atoms with Gasteiger partial charge >= 0.3 is 0 Å². The van der Waals surface area contributed by atoms with E-state index in [0.717, 1.165) is 173 Å². The number of nitrogens with zero attached hydrogens (tertiary/aromatic N) is 10. The van der Waals surface area contributed by atoms with Crippen molar-refractivity contribution in [3.63, 3.8) is 0 Å². The van der Waals surface area contributed by atoms with Gasteiger partial charge in [-0.15, -0.1) is 132 Å². The number of para-hydroxylation sites is 1. The van der Waals surface area contributed by atoms with E-state index >= 15 is 0 Å². The standard InChI is InChI=1S/C25H25N2O.C24H23N2O.C20H16N3O.3C18H24NSi.3Ir/c1-16(2)22-15-26-23(13-18(22)11-17-7-3-4-8-17)19-12-21-20-9-5-6-10-24(20)28-25(21)27-14-19;1-15-11-22(25-14-19(15)12-17-5-3-4-6-17)18-8-10-23-21(13-18)20-9-7-16(2)26-24(20)27-23;1-12-6-7-16-17-10-14(11-22-19(17)24-20(16)23-12)18-15-5-3-2-4-13(15)8-9-21-18;3*1-14(2)11-16-12-17(15-9-7-6-8-10-15)19-13-18(16)20(3,4)5;;;/h5-6,9-10,13-17H,3-4,7-8,11H2,1-2H3;7-11,14,17H,3-6,12H2,1-2H3;6-9,11H,2-5H2,1H3;3*6-9,12-14H,11H2,1-5H3;;;/q6*-1;;;. The molecule has 741 valence electrons. The van der Waals surface area contributed by atoms with Crippen molar-refractivity contribution in [2.45, 2.75) is 250 Å². The first-order chi connectivity index (χ1) is 66.8. The molecule has 142 heavy (non-hydrogen) atoms. The van der Waals surface area contributed by atoms with Crippen molar-refractivity contribution in [1.82, 2.24) is 49.8 Å². The van der Waals surface area contributed by atoms with Crippen molar-refractivity contribution in [2.24, 2.45) is 29.6 Å². The van der Waals surface area contributed by atoms with Gasteiger partial charge in [-0.25, -0.2) is 9.97 Å². The van der Waals surface area contributed by atoms with Crippen molar-refractivity contribution in [3.8, 4) is 67.5 Å². The third-order valence-electron chi connectivity index (χ3n) is 26.9. The molecule has 13 aromatic heterocycles. The molecule has 13 heterocycles. The molecule has 0 atom stereocenters. The molecule has 21 rings (SSSR count). The number of furan rings is 3. The van der Waals surface area contributed by atoms with Crippen molar-refractivity contribution in [3.05, 3.63) is 317 Å². The molecule has 18 aromatic rings. The van der Waals surface area contributed by atoms with Gasteiger partial charge in [0.25, 0.3) is 0 Å². The Kier molecular flexibility index (Phi) is 37.6.